The minimum absolute atomic E-state index is 0.402. The molecule has 3 aromatic rings. The molecule has 0 saturated carbocycles. The lowest BCUT2D eigenvalue weighted by Crippen LogP contribution is -1.90. The van der Waals surface area contributed by atoms with Crippen LogP contribution in [0.4, 0.5) is 5.82 Å². The highest BCUT2D eigenvalue weighted by atomic mass is 16.5. The molecule has 0 bridgehead atoms. The number of hydrogen-bond acceptors (Lipinski definition) is 6. The Morgan fingerprint density at radius 1 is 1.14 bits per heavy atom. The van der Waals surface area contributed by atoms with Crippen LogP contribution in [-0.4, -0.2) is 22.2 Å². The second-order valence-corrected chi connectivity index (χ2v) is 4.58. The lowest BCUT2D eigenvalue weighted by molar-refractivity contribution is 0.411. The molecular weight excluding hydrogens is 268 g/mol. The summed E-state index contributed by atoms with van der Waals surface area (Å²) >= 11 is 0. The molecule has 2 heterocycles. The van der Waals surface area contributed by atoms with Gasteiger partial charge in [0.25, 0.3) is 5.89 Å². The van der Waals surface area contributed by atoms with E-state index in [4.69, 9.17) is 15.0 Å². The first-order chi connectivity index (χ1) is 10.2. The first-order valence-corrected chi connectivity index (χ1v) is 6.38. The fourth-order valence-electron chi connectivity index (χ4n) is 2.00. The zero-order valence-electron chi connectivity index (χ0n) is 11.7. The summed E-state index contributed by atoms with van der Waals surface area (Å²) < 4.78 is 10.6. The molecule has 2 N–H and O–H groups in total. The van der Waals surface area contributed by atoms with Crippen LogP contribution in [0, 0.1) is 6.92 Å². The third-order valence-electron chi connectivity index (χ3n) is 3.12. The molecule has 3 rings (SSSR count). The highest BCUT2D eigenvalue weighted by Crippen LogP contribution is 2.27. The number of ether oxygens (including phenoxy) is 1. The lowest BCUT2D eigenvalue weighted by atomic mass is 10.1. The number of aryl methyl sites for hydroxylation is 1. The summed E-state index contributed by atoms with van der Waals surface area (Å²) in [5, 5.41) is 3.99. The number of rotatable bonds is 3. The van der Waals surface area contributed by atoms with Crippen molar-refractivity contribution in [2.24, 2.45) is 0 Å². The average molecular weight is 282 g/mol. The maximum atomic E-state index is 5.65. The molecule has 21 heavy (non-hydrogen) atoms. The Bertz CT molecular complexity index is 783. The third kappa shape index (κ3) is 2.55. The van der Waals surface area contributed by atoms with Crippen LogP contribution in [0.25, 0.3) is 22.8 Å². The van der Waals surface area contributed by atoms with Gasteiger partial charge in [-0.1, -0.05) is 17.3 Å². The number of hydrogen-bond donors (Lipinski definition) is 1. The van der Waals surface area contributed by atoms with Gasteiger partial charge in [-0.3, -0.25) is 0 Å². The molecular formula is C15H14N4O2. The van der Waals surface area contributed by atoms with Gasteiger partial charge in [0.1, 0.15) is 11.6 Å². The minimum atomic E-state index is 0.402. The predicted octanol–water partition coefficient (Wildman–Crippen LogP) is 2.70. The van der Waals surface area contributed by atoms with Crippen molar-refractivity contribution in [3.8, 4) is 28.6 Å². The lowest BCUT2D eigenvalue weighted by Gasteiger charge is -2.04. The molecule has 106 valence electrons. The predicted molar refractivity (Wildman–Crippen MR) is 78.7 cm³/mol. The van der Waals surface area contributed by atoms with E-state index in [2.05, 4.69) is 15.1 Å². The second kappa shape index (κ2) is 5.24. The number of aromatic nitrogens is 3. The van der Waals surface area contributed by atoms with Crippen LogP contribution in [0.1, 0.15) is 5.56 Å². The summed E-state index contributed by atoms with van der Waals surface area (Å²) in [4.78, 5) is 8.31. The van der Waals surface area contributed by atoms with E-state index in [-0.39, 0.29) is 0 Å². The smallest absolute Gasteiger partial charge is 0.258 e. The fraction of sp³-hybridized carbons (Fsp3) is 0.133. The Morgan fingerprint density at radius 3 is 2.76 bits per heavy atom. The Kier molecular flexibility index (Phi) is 3.27. The topological polar surface area (TPSA) is 87.1 Å². The minimum Gasteiger partial charge on any atom is -0.496 e. The summed E-state index contributed by atoms with van der Waals surface area (Å²) in [5.41, 5.74) is 8.26. The van der Waals surface area contributed by atoms with Crippen LogP contribution in [0.5, 0.6) is 5.75 Å². The average Bonchev–Trinajstić information content (AvgIpc) is 2.97. The molecule has 0 aliphatic carbocycles. The van der Waals surface area contributed by atoms with E-state index in [1.54, 1.807) is 25.4 Å². The number of pyridine rings is 1. The van der Waals surface area contributed by atoms with Crippen molar-refractivity contribution in [3.63, 3.8) is 0 Å². The molecule has 0 spiro atoms. The monoisotopic (exact) mass is 282 g/mol. The van der Waals surface area contributed by atoms with Crippen molar-refractivity contribution in [1.82, 2.24) is 15.1 Å². The van der Waals surface area contributed by atoms with Gasteiger partial charge < -0.3 is 15.0 Å². The van der Waals surface area contributed by atoms with Gasteiger partial charge in [-0.2, -0.15) is 4.98 Å². The molecule has 6 heteroatoms. The van der Waals surface area contributed by atoms with E-state index in [1.165, 1.54) is 0 Å². The molecule has 1 aromatic carbocycles. The molecule has 0 fully saturated rings. The van der Waals surface area contributed by atoms with Gasteiger partial charge in [-0.15, -0.1) is 0 Å². The Labute approximate surface area is 121 Å². The number of nitrogen functional groups attached to an aromatic ring is 1. The normalized spacial score (nSPS) is 10.6. The van der Waals surface area contributed by atoms with Crippen LogP contribution in [-0.2, 0) is 0 Å². The summed E-state index contributed by atoms with van der Waals surface area (Å²) in [6.07, 6.45) is 1.60. The molecule has 2 aromatic heterocycles. The number of nitrogens with zero attached hydrogens (tertiary/aromatic N) is 3. The first-order valence-electron chi connectivity index (χ1n) is 6.38. The van der Waals surface area contributed by atoms with Gasteiger partial charge in [-0.05, 0) is 30.7 Å². The number of methoxy groups -OCH3 is 1. The van der Waals surface area contributed by atoms with E-state index >= 15 is 0 Å². The molecule has 0 aliphatic heterocycles. The summed E-state index contributed by atoms with van der Waals surface area (Å²) in [6.45, 7) is 1.98. The molecule has 6 nitrogen and oxygen atoms in total. The van der Waals surface area contributed by atoms with Crippen molar-refractivity contribution in [2.75, 3.05) is 12.8 Å². The third-order valence-corrected chi connectivity index (χ3v) is 3.12. The van der Waals surface area contributed by atoms with E-state index in [0.717, 1.165) is 22.4 Å². The highest BCUT2D eigenvalue weighted by Gasteiger charge is 2.12. The van der Waals surface area contributed by atoms with Crippen molar-refractivity contribution < 1.29 is 9.26 Å². The number of benzene rings is 1. The van der Waals surface area contributed by atoms with Crippen molar-refractivity contribution in [1.29, 1.82) is 0 Å². The van der Waals surface area contributed by atoms with Gasteiger partial charge >= 0.3 is 0 Å². The van der Waals surface area contributed by atoms with E-state index < -0.39 is 0 Å². The first kappa shape index (κ1) is 13.1. The van der Waals surface area contributed by atoms with Gasteiger partial charge in [0.2, 0.25) is 5.82 Å². The molecule has 0 atom stereocenters. The van der Waals surface area contributed by atoms with Gasteiger partial charge in [-0.25, -0.2) is 4.98 Å². The summed E-state index contributed by atoms with van der Waals surface area (Å²) in [6, 6.07) is 9.21. The van der Waals surface area contributed by atoms with Crippen molar-refractivity contribution in [3.05, 3.63) is 42.1 Å². The van der Waals surface area contributed by atoms with Crippen LogP contribution in [0.15, 0.2) is 41.1 Å². The van der Waals surface area contributed by atoms with Crippen LogP contribution in [0.2, 0.25) is 0 Å². The zero-order chi connectivity index (χ0) is 14.8. The maximum Gasteiger partial charge on any atom is 0.258 e. The Hall–Kier alpha value is -2.89. The summed E-state index contributed by atoms with van der Waals surface area (Å²) in [5.74, 6) is 2.09. The van der Waals surface area contributed by atoms with Crippen LogP contribution in [0.3, 0.4) is 0 Å². The van der Waals surface area contributed by atoms with E-state index in [1.807, 2.05) is 25.1 Å². The maximum absolute atomic E-state index is 5.65. The Balaban J connectivity index is 1.98. The molecule has 0 unspecified atom stereocenters. The molecule has 0 aliphatic rings. The highest BCUT2D eigenvalue weighted by molar-refractivity contribution is 5.63. The van der Waals surface area contributed by atoms with Crippen LogP contribution < -0.4 is 10.5 Å². The summed E-state index contributed by atoms with van der Waals surface area (Å²) in [7, 11) is 1.63. The molecule has 0 saturated heterocycles. The fourth-order valence-corrected chi connectivity index (χ4v) is 2.00. The van der Waals surface area contributed by atoms with Crippen molar-refractivity contribution >= 4 is 5.82 Å². The van der Waals surface area contributed by atoms with Crippen LogP contribution >= 0.6 is 0 Å². The second-order valence-electron chi connectivity index (χ2n) is 4.58. The quantitative estimate of drug-likeness (QED) is 0.794. The SMILES string of the molecule is COc1cc(-c2noc(-c3ccnc(N)c3)n2)ccc1C. The van der Waals surface area contributed by atoms with Crippen molar-refractivity contribution in [2.45, 2.75) is 6.92 Å². The van der Waals surface area contributed by atoms with Gasteiger partial charge in [0.15, 0.2) is 0 Å². The van der Waals surface area contributed by atoms with E-state index in [0.29, 0.717) is 17.5 Å². The van der Waals surface area contributed by atoms with Gasteiger partial charge in [0.05, 0.1) is 7.11 Å². The standard InChI is InChI=1S/C15H14N4O2/c1-9-3-4-10(7-12(9)20-2)14-18-15(21-19-14)11-5-6-17-13(16)8-11/h3-8H,1-2H3,(H2,16,17). The van der Waals surface area contributed by atoms with Gasteiger partial charge in [0, 0.05) is 17.3 Å². The number of nitrogens with two attached hydrogens (primary N) is 1. The Morgan fingerprint density at radius 2 is 2.00 bits per heavy atom. The largest absolute Gasteiger partial charge is 0.496 e. The number of anilines is 1. The zero-order valence-corrected chi connectivity index (χ0v) is 11.7. The molecule has 0 radical (unpaired) electrons. The molecule has 0 amide bonds. The van der Waals surface area contributed by atoms with E-state index in [9.17, 15) is 0 Å².